The maximum absolute atomic E-state index is 13.3. The first-order chi connectivity index (χ1) is 15.0. The number of aliphatic hydroxyl groups is 1. The molecule has 1 aliphatic heterocycles. The highest BCUT2D eigenvalue weighted by Gasteiger charge is 2.46. The van der Waals surface area contributed by atoms with E-state index in [9.17, 15) is 14.7 Å². The van der Waals surface area contributed by atoms with Crippen molar-refractivity contribution in [3.05, 3.63) is 78.2 Å². The molecule has 31 heavy (non-hydrogen) atoms. The lowest BCUT2D eigenvalue weighted by Gasteiger charge is -2.46. The van der Waals surface area contributed by atoms with Gasteiger partial charge in [0.2, 0.25) is 5.91 Å². The summed E-state index contributed by atoms with van der Waals surface area (Å²) in [5.74, 6) is -0.360. The Morgan fingerprint density at radius 1 is 1.16 bits per heavy atom. The van der Waals surface area contributed by atoms with E-state index in [1.54, 1.807) is 11.8 Å². The fourth-order valence-corrected chi connectivity index (χ4v) is 4.18. The van der Waals surface area contributed by atoms with E-state index in [-0.39, 0.29) is 18.4 Å². The number of hydrogen-bond donors (Lipinski definition) is 3. The van der Waals surface area contributed by atoms with Crippen LogP contribution in [0.2, 0.25) is 0 Å². The van der Waals surface area contributed by atoms with Gasteiger partial charge in [-0.1, -0.05) is 67.6 Å². The minimum Gasteiger partial charge on any atom is -0.388 e. The molecule has 0 bridgehead atoms. The number of nitrogens with one attached hydrogen (secondary N) is 2. The number of aromatic amines is 1. The number of carbonyl (C=O) groups excluding carboxylic acids is 2. The molecule has 0 radical (unpaired) electrons. The van der Waals surface area contributed by atoms with Gasteiger partial charge in [-0.15, -0.1) is 0 Å². The number of piperidine rings is 1. The summed E-state index contributed by atoms with van der Waals surface area (Å²) in [6.07, 6.45) is 1.28. The second-order valence-corrected chi connectivity index (χ2v) is 7.75. The smallest absolute Gasteiger partial charge is 0.272 e. The van der Waals surface area contributed by atoms with Crippen LogP contribution in [0.3, 0.4) is 0 Å². The average Bonchev–Trinajstić information content (AvgIpc) is 3.31. The van der Waals surface area contributed by atoms with Crippen molar-refractivity contribution in [2.24, 2.45) is 0 Å². The monoisotopic (exact) mass is 418 g/mol. The number of aliphatic hydroxyl groups excluding tert-OH is 1. The van der Waals surface area contributed by atoms with Crippen LogP contribution in [-0.2, 0) is 10.3 Å². The van der Waals surface area contributed by atoms with Crippen LogP contribution in [0.1, 0.15) is 35.8 Å². The number of likely N-dealkylation sites (tertiary alicyclic amines) is 1. The van der Waals surface area contributed by atoms with Crippen molar-refractivity contribution in [2.75, 3.05) is 13.1 Å². The lowest BCUT2D eigenvalue weighted by molar-refractivity contribution is -0.126. The van der Waals surface area contributed by atoms with Crippen LogP contribution in [-0.4, -0.2) is 51.0 Å². The van der Waals surface area contributed by atoms with Crippen LogP contribution in [0.5, 0.6) is 0 Å². The lowest BCUT2D eigenvalue weighted by atomic mass is 9.78. The molecule has 7 nitrogen and oxygen atoms in total. The van der Waals surface area contributed by atoms with Gasteiger partial charge in [0.15, 0.2) is 0 Å². The number of rotatable bonds is 5. The summed E-state index contributed by atoms with van der Waals surface area (Å²) in [7, 11) is 0. The summed E-state index contributed by atoms with van der Waals surface area (Å²) >= 11 is 0. The summed E-state index contributed by atoms with van der Waals surface area (Å²) in [5.41, 5.74) is 1.73. The summed E-state index contributed by atoms with van der Waals surface area (Å²) < 4.78 is 0. The molecule has 3 aromatic rings. The molecule has 160 valence electrons. The number of nitrogens with zero attached hydrogens (tertiary/aromatic N) is 2. The SMILES string of the molecule is CCC(=O)N[C@@]1(c2ccccc2)CCN(C(=O)c2[nH]cnc2-c2ccccc2)C[C@H]1O. The largest absolute Gasteiger partial charge is 0.388 e. The third kappa shape index (κ3) is 3.96. The van der Waals surface area contributed by atoms with Crippen LogP contribution in [0.4, 0.5) is 0 Å². The molecule has 0 spiro atoms. The Hall–Kier alpha value is -3.45. The zero-order chi connectivity index (χ0) is 21.8. The van der Waals surface area contributed by atoms with Crippen LogP contribution in [0.15, 0.2) is 67.0 Å². The number of aromatic nitrogens is 2. The topological polar surface area (TPSA) is 98.3 Å². The molecular weight excluding hydrogens is 392 g/mol. The Morgan fingerprint density at radius 2 is 1.84 bits per heavy atom. The lowest BCUT2D eigenvalue weighted by Crippen LogP contribution is -2.62. The Balaban J connectivity index is 1.59. The zero-order valence-electron chi connectivity index (χ0n) is 17.4. The maximum Gasteiger partial charge on any atom is 0.272 e. The predicted octanol–water partition coefficient (Wildman–Crippen LogP) is 2.71. The van der Waals surface area contributed by atoms with E-state index >= 15 is 0 Å². The Kier molecular flexibility index (Phi) is 5.86. The van der Waals surface area contributed by atoms with Crippen molar-refractivity contribution < 1.29 is 14.7 Å². The van der Waals surface area contributed by atoms with E-state index in [0.29, 0.717) is 30.8 Å². The molecule has 2 amide bonds. The zero-order valence-corrected chi connectivity index (χ0v) is 17.4. The van der Waals surface area contributed by atoms with Gasteiger partial charge < -0.3 is 20.3 Å². The Bertz CT molecular complexity index is 1050. The summed E-state index contributed by atoms with van der Waals surface area (Å²) in [6.45, 7) is 2.27. The normalized spacial score (nSPS) is 21.0. The number of amides is 2. The first-order valence-electron chi connectivity index (χ1n) is 10.5. The standard InChI is InChI=1S/C24H26N4O3/c1-2-20(30)27-24(18-11-7-4-8-12-18)13-14-28(15-19(24)29)23(31)22-21(25-16-26-22)17-9-5-3-6-10-17/h3-12,16,19,29H,2,13-15H2,1H3,(H,25,26)(H,27,30)/t19-,24-/m1/s1. The predicted molar refractivity (Wildman–Crippen MR) is 117 cm³/mol. The first kappa shape index (κ1) is 20.8. The fraction of sp³-hybridized carbons (Fsp3) is 0.292. The molecule has 1 aromatic heterocycles. The van der Waals surface area contributed by atoms with Gasteiger partial charge in [-0.25, -0.2) is 4.98 Å². The van der Waals surface area contributed by atoms with Crippen LogP contribution in [0.25, 0.3) is 11.3 Å². The summed E-state index contributed by atoms with van der Waals surface area (Å²) in [4.78, 5) is 34.5. The molecule has 2 heterocycles. The fourth-order valence-electron chi connectivity index (χ4n) is 4.18. The number of benzene rings is 2. The highest BCUT2D eigenvalue weighted by atomic mass is 16.3. The molecular formula is C24H26N4O3. The molecule has 7 heteroatoms. The van der Waals surface area contributed by atoms with E-state index < -0.39 is 11.6 Å². The summed E-state index contributed by atoms with van der Waals surface area (Å²) in [6, 6.07) is 19.0. The van der Waals surface area contributed by atoms with Crippen LogP contribution in [0, 0.1) is 0 Å². The Labute approximate surface area is 181 Å². The van der Waals surface area contributed by atoms with E-state index in [2.05, 4.69) is 15.3 Å². The van der Waals surface area contributed by atoms with Crippen molar-refractivity contribution in [2.45, 2.75) is 31.4 Å². The molecule has 0 aliphatic carbocycles. The second kappa shape index (κ2) is 8.73. The summed E-state index contributed by atoms with van der Waals surface area (Å²) in [5, 5.41) is 14.2. The number of imidazole rings is 1. The van der Waals surface area contributed by atoms with Crippen LogP contribution < -0.4 is 5.32 Å². The van der Waals surface area contributed by atoms with Crippen molar-refractivity contribution >= 4 is 11.8 Å². The highest BCUT2D eigenvalue weighted by Crippen LogP contribution is 2.34. The van der Waals surface area contributed by atoms with Gasteiger partial charge in [-0.2, -0.15) is 0 Å². The Morgan fingerprint density at radius 3 is 2.48 bits per heavy atom. The van der Waals surface area contributed by atoms with Crippen molar-refractivity contribution in [3.63, 3.8) is 0 Å². The quantitative estimate of drug-likeness (QED) is 0.593. The second-order valence-electron chi connectivity index (χ2n) is 7.75. The van der Waals surface area contributed by atoms with Crippen LogP contribution >= 0.6 is 0 Å². The van der Waals surface area contributed by atoms with E-state index in [1.807, 2.05) is 60.7 Å². The highest BCUT2D eigenvalue weighted by molar-refractivity contribution is 5.98. The van der Waals surface area contributed by atoms with Gasteiger partial charge in [0.05, 0.1) is 18.0 Å². The number of β-amino-alcohol motifs (C(OH)–C–C–N with tert-alkyl or cyclic N) is 1. The third-order valence-electron chi connectivity index (χ3n) is 5.90. The molecule has 1 fully saturated rings. The molecule has 4 rings (SSSR count). The van der Waals surface area contributed by atoms with Gasteiger partial charge in [0.1, 0.15) is 11.4 Å². The maximum atomic E-state index is 13.3. The molecule has 2 atom stereocenters. The van der Waals surface area contributed by atoms with Gasteiger partial charge >= 0.3 is 0 Å². The molecule has 0 saturated carbocycles. The first-order valence-corrected chi connectivity index (χ1v) is 10.5. The van der Waals surface area contributed by atoms with Gasteiger partial charge in [-0.05, 0) is 12.0 Å². The van der Waals surface area contributed by atoms with Gasteiger partial charge in [-0.3, -0.25) is 9.59 Å². The molecule has 2 aromatic carbocycles. The number of hydrogen-bond acceptors (Lipinski definition) is 4. The van der Waals surface area contributed by atoms with E-state index in [4.69, 9.17) is 0 Å². The molecule has 0 unspecified atom stereocenters. The molecule has 3 N–H and O–H groups in total. The molecule has 1 saturated heterocycles. The van der Waals surface area contributed by atoms with Gasteiger partial charge in [0, 0.05) is 25.1 Å². The molecule has 1 aliphatic rings. The van der Waals surface area contributed by atoms with Gasteiger partial charge in [0.25, 0.3) is 5.91 Å². The minimum absolute atomic E-state index is 0.102. The third-order valence-corrected chi connectivity index (χ3v) is 5.90. The van der Waals surface area contributed by atoms with Crippen molar-refractivity contribution in [1.29, 1.82) is 0 Å². The van der Waals surface area contributed by atoms with Crippen molar-refractivity contribution in [1.82, 2.24) is 20.2 Å². The van der Waals surface area contributed by atoms with E-state index in [0.717, 1.165) is 11.1 Å². The number of H-pyrrole nitrogens is 1. The average molecular weight is 418 g/mol. The number of carbonyl (C=O) groups is 2. The minimum atomic E-state index is -0.953. The van der Waals surface area contributed by atoms with Crippen molar-refractivity contribution in [3.8, 4) is 11.3 Å². The van der Waals surface area contributed by atoms with E-state index in [1.165, 1.54) is 6.33 Å².